The van der Waals surface area contributed by atoms with Gasteiger partial charge < -0.3 is 5.73 Å². The van der Waals surface area contributed by atoms with E-state index in [-0.39, 0.29) is 12.5 Å². The molecule has 0 saturated heterocycles. The van der Waals surface area contributed by atoms with E-state index >= 15 is 0 Å². The molecule has 82 valence electrons. The fraction of sp³-hybridized carbons (Fsp3) is 0.100. The molecular weight excluding hydrogens is 206 g/mol. The minimum atomic E-state index is -0.310. The Morgan fingerprint density at radius 2 is 2.19 bits per heavy atom. The molecule has 0 bridgehead atoms. The lowest BCUT2D eigenvalue weighted by Gasteiger charge is -2.07. The van der Waals surface area contributed by atoms with Crippen LogP contribution in [-0.2, 0) is 4.79 Å². The monoisotopic (exact) mass is 217 g/mol. The van der Waals surface area contributed by atoms with Crippen molar-refractivity contribution in [2.24, 2.45) is 5.73 Å². The van der Waals surface area contributed by atoms with E-state index in [1.165, 1.54) is 0 Å². The number of nitrogens with two attached hydrogens (primary N) is 1. The number of rotatable bonds is 3. The first kappa shape index (κ1) is 10.3. The maximum absolute atomic E-state index is 11.0. The van der Waals surface area contributed by atoms with Crippen LogP contribution in [0.15, 0.2) is 30.5 Å². The number of fused-ring (bicyclic) bond motifs is 1. The van der Waals surface area contributed by atoms with Crippen molar-refractivity contribution in [3.05, 3.63) is 30.5 Å². The normalized spacial score (nSPS) is 10.1. The molecular formula is C10H11N5O. The van der Waals surface area contributed by atoms with Crippen LogP contribution in [0.1, 0.15) is 0 Å². The van der Waals surface area contributed by atoms with Crippen LogP contribution in [0, 0.1) is 0 Å². The number of nitrogens with zero attached hydrogens (tertiary/aromatic N) is 2. The molecule has 2 rings (SSSR count). The van der Waals surface area contributed by atoms with E-state index in [9.17, 15) is 4.79 Å². The summed E-state index contributed by atoms with van der Waals surface area (Å²) < 4.78 is 0. The van der Waals surface area contributed by atoms with Gasteiger partial charge in [-0.1, -0.05) is 24.3 Å². The molecule has 1 amide bonds. The molecule has 6 nitrogen and oxygen atoms in total. The van der Waals surface area contributed by atoms with Gasteiger partial charge in [0.2, 0.25) is 0 Å². The molecule has 4 N–H and O–H groups in total. The number of aromatic nitrogens is 2. The van der Waals surface area contributed by atoms with Crippen LogP contribution in [0.2, 0.25) is 0 Å². The molecule has 1 aromatic heterocycles. The third-order valence-corrected chi connectivity index (χ3v) is 2.08. The van der Waals surface area contributed by atoms with E-state index in [0.717, 1.165) is 10.8 Å². The lowest BCUT2D eigenvalue weighted by atomic mass is 10.2. The van der Waals surface area contributed by atoms with E-state index in [1.54, 1.807) is 6.20 Å². The molecule has 0 spiro atoms. The van der Waals surface area contributed by atoms with Gasteiger partial charge in [0.05, 0.1) is 12.7 Å². The maximum Gasteiger partial charge on any atom is 0.252 e. The molecule has 0 radical (unpaired) electrons. The first-order valence-corrected chi connectivity index (χ1v) is 4.76. The van der Waals surface area contributed by atoms with Crippen LogP contribution in [0.5, 0.6) is 0 Å². The number of anilines is 1. The Morgan fingerprint density at radius 3 is 3.00 bits per heavy atom. The summed E-state index contributed by atoms with van der Waals surface area (Å²) in [4.78, 5) is 11.0. The SMILES string of the molecule is NCC(=O)NNc1nncc2ccccc12. The van der Waals surface area contributed by atoms with Crippen molar-refractivity contribution in [2.75, 3.05) is 12.0 Å². The molecule has 0 aliphatic heterocycles. The standard InChI is InChI=1S/C10H11N5O/c11-5-9(16)13-15-10-8-4-2-1-3-7(8)6-12-14-10/h1-4,6H,5,11H2,(H,13,16)(H,14,15). The summed E-state index contributed by atoms with van der Waals surface area (Å²) in [5.41, 5.74) is 10.3. The topological polar surface area (TPSA) is 92.9 Å². The lowest BCUT2D eigenvalue weighted by molar-refractivity contribution is -0.119. The van der Waals surface area contributed by atoms with E-state index in [0.29, 0.717) is 5.82 Å². The molecule has 0 aliphatic rings. The summed E-state index contributed by atoms with van der Waals surface area (Å²) in [6.07, 6.45) is 1.66. The molecule has 0 saturated carbocycles. The smallest absolute Gasteiger partial charge is 0.252 e. The highest BCUT2D eigenvalue weighted by atomic mass is 16.2. The third kappa shape index (κ3) is 2.06. The summed E-state index contributed by atoms with van der Waals surface area (Å²) >= 11 is 0. The quantitative estimate of drug-likeness (QED) is 0.631. The largest absolute Gasteiger partial charge is 0.322 e. The molecule has 1 heterocycles. The van der Waals surface area contributed by atoms with Gasteiger partial charge in [-0.3, -0.25) is 15.6 Å². The van der Waals surface area contributed by atoms with Crippen LogP contribution >= 0.6 is 0 Å². The Kier molecular flexibility index (Phi) is 2.93. The zero-order valence-electron chi connectivity index (χ0n) is 8.47. The molecule has 0 unspecified atom stereocenters. The molecule has 1 aromatic carbocycles. The number of carbonyl (C=O) groups excluding carboxylic acids is 1. The van der Waals surface area contributed by atoms with Gasteiger partial charge in [0.25, 0.3) is 5.91 Å². The summed E-state index contributed by atoms with van der Waals surface area (Å²) in [6.45, 7) is -0.0782. The average Bonchev–Trinajstić information content (AvgIpc) is 2.35. The number of amides is 1. The van der Waals surface area contributed by atoms with Gasteiger partial charge in [-0.25, -0.2) is 0 Å². The summed E-state index contributed by atoms with van der Waals surface area (Å²) in [7, 11) is 0. The van der Waals surface area contributed by atoms with E-state index in [1.807, 2.05) is 24.3 Å². The number of hydrogen-bond donors (Lipinski definition) is 3. The van der Waals surface area contributed by atoms with Gasteiger partial charge >= 0.3 is 0 Å². The van der Waals surface area contributed by atoms with E-state index in [4.69, 9.17) is 5.73 Å². The molecule has 0 atom stereocenters. The van der Waals surface area contributed by atoms with Crippen molar-refractivity contribution >= 4 is 22.5 Å². The van der Waals surface area contributed by atoms with Gasteiger partial charge in [-0.05, 0) is 0 Å². The first-order valence-electron chi connectivity index (χ1n) is 4.76. The lowest BCUT2D eigenvalue weighted by Crippen LogP contribution is -2.35. The van der Waals surface area contributed by atoms with E-state index < -0.39 is 0 Å². The number of hydrogen-bond acceptors (Lipinski definition) is 5. The minimum absolute atomic E-state index is 0.0782. The van der Waals surface area contributed by atoms with Crippen LogP contribution < -0.4 is 16.6 Å². The molecule has 0 fully saturated rings. The zero-order chi connectivity index (χ0) is 11.4. The van der Waals surface area contributed by atoms with Gasteiger partial charge in [0.1, 0.15) is 0 Å². The summed E-state index contributed by atoms with van der Waals surface area (Å²) in [6, 6.07) is 7.60. The summed E-state index contributed by atoms with van der Waals surface area (Å²) in [5.74, 6) is 0.189. The fourth-order valence-electron chi connectivity index (χ4n) is 1.30. The number of nitrogens with one attached hydrogen (secondary N) is 2. The Balaban J connectivity index is 2.27. The molecule has 16 heavy (non-hydrogen) atoms. The second-order valence-electron chi connectivity index (χ2n) is 3.16. The Labute approximate surface area is 91.8 Å². The minimum Gasteiger partial charge on any atom is -0.322 e. The average molecular weight is 217 g/mol. The van der Waals surface area contributed by atoms with Gasteiger partial charge in [-0.2, -0.15) is 5.10 Å². The number of hydrazine groups is 1. The van der Waals surface area contributed by atoms with Crippen LogP contribution in [0.3, 0.4) is 0 Å². The second kappa shape index (κ2) is 4.54. The van der Waals surface area contributed by atoms with Crippen molar-refractivity contribution in [1.29, 1.82) is 0 Å². The highest BCUT2D eigenvalue weighted by molar-refractivity contribution is 5.91. The Morgan fingerprint density at radius 1 is 1.38 bits per heavy atom. The van der Waals surface area contributed by atoms with Gasteiger partial charge in [-0.15, -0.1) is 5.10 Å². The molecule has 0 aliphatic carbocycles. The van der Waals surface area contributed by atoms with Crippen molar-refractivity contribution in [1.82, 2.24) is 15.6 Å². The highest BCUT2D eigenvalue weighted by Crippen LogP contribution is 2.18. The van der Waals surface area contributed by atoms with Crippen molar-refractivity contribution in [2.45, 2.75) is 0 Å². The summed E-state index contributed by atoms with van der Waals surface area (Å²) in [5, 5.41) is 9.55. The van der Waals surface area contributed by atoms with Crippen molar-refractivity contribution < 1.29 is 4.79 Å². The van der Waals surface area contributed by atoms with Crippen LogP contribution in [-0.4, -0.2) is 22.6 Å². The number of carbonyl (C=O) groups is 1. The van der Waals surface area contributed by atoms with Crippen LogP contribution in [0.25, 0.3) is 10.8 Å². The van der Waals surface area contributed by atoms with Crippen molar-refractivity contribution in [3.63, 3.8) is 0 Å². The Bertz CT molecular complexity index is 508. The number of benzene rings is 1. The highest BCUT2D eigenvalue weighted by Gasteiger charge is 2.03. The van der Waals surface area contributed by atoms with Gasteiger partial charge in [0.15, 0.2) is 5.82 Å². The fourth-order valence-corrected chi connectivity index (χ4v) is 1.30. The van der Waals surface area contributed by atoms with Crippen LogP contribution in [0.4, 0.5) is 5.82 Å². The molecule has 6 heteroatoms. The van der Waals surface area contributed by atoms with E-state index in [2.05, 4.69) is 21.0 Å². The molecule has 2 aromatic rings. The predicted molar refractivity (Wildman–Crippen MR) is 60.4 cm³/mol. The zero-order valence-corrected chi connectivity index (χ0v) is 8.47. The Hall–Kier alpha value is -2.21. The third-order valence-electron chi connectivity index (χ3n) is 2.08. The first-order chi connectivity index (χ1) is 7.81. The van der Waals surface area contributed by atoms with Gasteiger partial charge in [0, 0.05) is 10.8 Å². The predicted octanol–water partition coefficient (Wildman–Crippen LogP) is 0.0316. The second-order valence-corrected chi connectivity index (χ2v) is 3.16. The van der Waals surface area contributed by atoms with Crippen molar-refractivity contribution in [3.8, 4) is 0 Å². The maximum atomic E-state index is 11.0.